The van der Waals surface area contributed by atoms with Crippen molar-refractivity contribution in [1.29, 1.82) is 0 Å². The summed E-state index contributed by atoms with van der Waals surface area (Å²) in [5.41, 5.74) is 0. The molecule has 0 fully saturated rings. The fourth-order valence-electron chi connectivity index (χ4n) is 4.96. The van der Waals surface area contributed by atoms with Crippen molar-refractivity contribution in [3.63, 3.8) is 0 Å². The SMILES string of the molecule is CCCCC/C=C/C/C=C/CCCCCCCC(=O)OC[C@H](COP(=O)([O-])O)OC(=O)CCCCCCC/C=C/C/C=C/CCCCC.[Na+]. The Morgan fingerprint density at radius 2 is 0.980 bits per heavy atom. The van der Waals surface area contributed by atoms with Crippen molar-refractivity contribution in [2.24, 2.45) is 0 Å². The van der Waals surface area contributed by atoms with E-state index in [4.69, 9.17) is 14.4 Å². The number of ether oxygens (including phenoxy) is 2. The number of phosphoric acid groups is 1. The maximum absolute atomic E-state index is 12.3. The number of unbranched alkanes of at least 4 members (excludes halogenated alkanes) is 16. The van der Waals surface area contributed by atoms with Gasteiger partial charge in [0, 0.05) is 12.8 Å². The van der Waals surface area contributed by atoms with Gasteiger partial charge in [-0.25, -0.2) is 0 Å². The van der Waals surface area contributed by atoms with Crippen LogP contribution in [0.25, 0.3) is 0 Å². The zero-order valence-electron chi connectivity index (χ0n) is 31.3. The summed E-state index contributed by atoms with van der Waals surface area (Å²) < 4.78 is 26.0. The van der Waals surface area contributed by atoms with Gasteiger partial charge in [-0.15, -0.1) is 0 Å². The average molecular weight is 719 g/mol. The molecule has 0 aliphatic rings. The van der Waals surface area contributed by atoms with E-state index in [2.05, 4.69) is 67.0 Å². The molecular weight excluding hydrogens is 650 g/mol. The van der Waals surface area contributed by atoms with E-state index in [0.717, 1.165) is 77.0 Å². The minimum atomic E-state index is -5.01. The maximum Gasteiger partial charge on any atom is 1.00 e. The quantitative estimate of drug-likeness (QED) is 0.0238. The normalized spacial score (nSPS) is 13.7. The molecule has 0 radical (unpaired) electrons. The first kappa shape index (κ1) is 50.1. The fraction of sp³-hybridized carbons (Fsp3) is 0.744. The molecule has 0 saturated heterocycles. The molecular formula is C39H68NaO8P. The van der Waals surface area contributed by atoms with Crippen LogP contribution < -0.4 is 34.5 Å². The second-order valence-corrected chi connectivity index (χ2v) is 13.7. The maximum atomic E-state index is 12.3. The molecule has 1 N–H and O–H groups in total. The number of phosphoric ester groups is 1. The molecule has 1 unspecified atom stereocenters. The molecule has 0 bridgehead atoms. The molecule has 0 spiro atoms. The van der Waals surface area contributed by atoms with E-state index < -0.39 is 32.5 Å². The monoisotopic (exact) mass is 718 g/mol. The second kappa shape index (κ2) is 38.2. The Morgan fingerprint density at radius 3 is 1.41 bits per heavy atom. The van der Waals surface area contributed by atoms with Gasteiger partial charge in [0.05, 0.1) is 6.61 Å². The van der Waals surface area contributed by atoms with E-state index in [1.54, 1.807) is 0 Å². The van der Waals surface area contributed by atoms with Crippen LogP contribution in [0.2, 0.25) is 0 Å². The summed E-state index contributed by atoms with van der Waals surface area (Å²) in [7, 11) is -5.01. The molecule has 278 valence electrons. The van der Waals surface area contributed by atoms with E-state index in [-0.39, 0.29) is 49.0 Å². The summed E-state index contributed by atoms with van der Waals surface area (Å²) in [5, 5.41) is 0. The summed E-state index contributed by atoms with van der Waals surface area (Å²) in [4.78, 5) is 44.5. The minimum Gasteiger partial charge on any atom is -0.756 e. The van der Waals surface area contributed by atoms with Crippen molar-refractivity contribution in [3.8, 4) is 0 Å². The van der Waals surface area contributed by atoms with E-state index in [1.165, 1.54) is 51.4 Å². The molecule has 0 aromatic carbocycles. The zero-order valence-corrected chi connectivity index (χ0v) is 34.2. The first-order chi connectivity index (χ1) is 23.3. The van der Waals surface area contributed by atoms with Gasteiger partial charge in [0.15, 0.2) is 6.10 Å². The van der Waals surface area contributed by atoms with Gasteiger partial charge in [-0.05, 0) is 77.0 Å². The van der Waals surface area contributed by atoms with Crippen LogP contribution in [0.4, 0.5) is 0 Å². The first-order valence-electron chi connectivity index (χ1n) is 18.9. The molecule has 8 nitrogen and oxygen atoms in total. The summed E-state index contributed by atoms with van der Waals surface area (Å²) >= 11 is 0. The third kappa shape index (κ3) is 41.3. The fourth-order valence-corrected chi connectivity index (χ4v) is 5.31. The van der Waals surface area contributed by atoms with Crippen molar-refractivity contribution in [1.82, 2.24) is 0 Å². The van der Waals surface area contributed by atoms with Gasteiger partial charge in [-0.1, -0.05) is 127 Å². The number of hydrogen-bond donors (Lipinski definition) is 1. The van der Waals surface area contributed by atoms with Gasteiger partial charge in [0.25, 0.3) is 7.82 Å². The van der Waals surface area contributed by atoms with Crippen molar-refractivity contribution in [2.45, 2.75) is 174 Å². The van der Waals surface area contributed by atoms with Crippen LogP contribution in [-0.4, -0.2) is 36.1 Å². The molecule has 0 aromatic heterocycles. The summed E-state index contributed by atoms with van der Waals surface area (Å²) in [5.74, 6) is -0.956. The van der Waals surface area contributed by atoms with Gasteiger partial charge in [0.1, 0.15) is 6.61 Å². The summed E-state index contributed by atoms with van der Waals surface area (Å²) in [6, 6.07) is 0. The smallest absolute Gasteiger partial charge is 0.756 e. The summed E-state index contributed by atoms with van der Waals surface area (Å²) in [6.07, 6.45) is 40.9. The van der Waals surface area contributed by atoms with E-state index >= 15 is 0 Å². The Morgan fingerprint density at radius 1 is 0.592 bits per heavy atom. The number of rotatable bonds is 34. The van der Waals surface area contributed by atoms with Crippen LogP contribution in [0, 0.1) is 0 Å². The van der Waals surface area contributed by atoms with Crippen LogP contribution in [0.1, 0.15) is 168 Å². The van der Waals surface area contributed by atoms with Gasteiger partial charge < -0.3 is 23.8 Å². The topological polar surface area (TPSA) is 122 Å². The average Bonchev–Trinajstić information content (AvgIpc) is 3.05. The standard InChI is InChI=1S/C39H69O8P.Na/c1-3-5-7-9-11-13-15-17-19-21-23-25-27-29-31-33-38(40)45-35-37(36-46-48(42,43)44)47-39(41)34-32-30-28-26-24-22-20-18-16-14-12-10-8-6-4-2;/h11-14,17-20,37H,3-10,15-16,21-36H2,1-2H3,(H2,42,43,44);/q;+1/p-1/b13-11+,14-12+,19-17+,20-18+;/t37-;/m1./s1. The molecule has 0 heterocycles. The van der Waals surface area contributed by atoms with Crippen molar-refractivity contribution in [2.75, 3.05) is 13.2 Å². The van der Waals surface area contributed by atoms with Crippen LogP contribution in [0.3, 0.4) is 0 Å². The van der Waals surface area contributed by atoms with Crippen molar-refractivity contribution >= 4 is 19.8 Å². The van der Waals surface area contributed by atoms with Gasteiger partial charge in [-0.2, -0.15) is 0 Å². The molecule has 0 rings (SSSR count). The van der Waals surface area contributed by atoms with E-state index in [1.807, 2.05) is 0 Å². The predicted molar refractivity (Wildman–Crippen MR) is 195 cm³/mol. The molecule has 0 aliphatic carbocycles. The molecule has 2 atom stereocenters. The number of esters is 2. The Hall–Kier alpha value is -0.990. The van der Waals surface area contributed by atoms with E-state index in [0.29, 0.717) is 12.8 Å². The number of carbonyl (C=O) groups excluding carboxylic acids is 2. The molecule has 0 saturated carbocycles. The third-order valence-electron chi connectivity index (χ3n) is 7.81. The van der Waals surface area contributed by atoms with Crippen LogP contribution in [0.5, 0.6) is 0 Å². The van der Waals surface area contributed by atoms with Crippen LogP contribution >= 0.6 is 7.82 Å². The Kier molecular flexibility index (Phi) is 39.1. The van der Waals surface area contributed by atoms with Crippen LogP contribution in [-0.2, 0) is 28.2 Å². The Balaban J connectivity index is 0. The number of hydrogen-bond acceptors (Lipinski definition) is 7. The predicted octanol–water partition coefficient (Wildman–Crippen LogP) is 7.55. The first-order valence-corrected chi connectivity index (χ1v) is 20.4. The molecule has 49 heavy (non-hydrogen) atoms. The molecule has 0 aromatic rings. The third-order valence-corrected chi connectivity index (χ3v) is 8.29. The summed E-state index contributed by atoms with van der Waals surface area (Å²) in [6.45, 7) is 3.50. The molecule has 0 aliphatic heterocycles. The van der Waals surface area contributed by atoms with Crippen molar-refractivity contribution in [3.05, 3.63) is 48.6 Å². The van der Waals surface area contributed by atoms with Gasteiger partial charge in [0.2, 0.25) is 0 Å². The molecule has 10 heteroatoms. The largest absolute Gasteiger partial charge is 1.00 e. The Labute approximate surface area is 321 Å². The van der Waals surface area contributed by atoms with E-state index in [9.17, 15) is 19.0 Å². The van der Waals surface area contributed by atoms with Gasteiger partial charge >= 0.3 is 41.5 Å². The second-order valence-electron chi connectivity index (χ2n) is 12.5. The number of allylic oxidation sites excluding steroid dienone is 8. The van der Waals surface area contributed by atoms with Gasteiger partial charge in [-0.3, -0.25) is 14.2 Å². The van der Waals surface area contributed by atoms with Crippen molar-refractivity contribution < 1.29 is 67.5 Å². The minimum absolute atomic E-state index is 0. The zero-order chi connectivity index (χ0) is 35.4. The van der Waals surface area contributed by atoms with Crippen LogP contribution in [0.15, 0.2) is 48.6 Å². The number of carbonyl (C=O) groups is 2. The Bertz CT molecular complexity index is 928. The molecule has 0 amide bonds.